The minimum absolute atomic E-state index is 0.0103. The molecule has 0 atom stereocenters. The second kappa shape index (κ2) is 5.37. The minimum Gasteiger partial charge on any atom is -0.437 e. The lowest BCUT2D eigenvalue weighted by Crippen LogP contribution is -1.97. The number of aromatic nitrogens is 2. The zero-order valence-electron chi connectivity index (χ0n) is 9.21. The smallest absolute Gasteiger partial charge is 0.274 e. The summed E-state index contributed by atoms with van der Waals surface area (Å²) in [6.45, 7) is 0. The number of nitro benzene ring substituents is 1. The van der Waals surface area contributed by atoms with Crippen LogP contribution in [0.25, 0.3) is 0 Å². The lowest BCUT2D eigenvalue weighted by Gasteiger charge is -2.06. The van der Waals surface area contributed by atoms with E-state index in [0.29, 0.717) is 4.47 Å². The number of nitro groups is 1. The number of halogens is 2. The molecule has 1 aromatic heterocycles. The standard InChI is InChI=1S/C10H6BrClN4O3/c11-5-1-6(16(17)18)3-7(2-5)19-9-8(12)4-14-10(13)15-9/h1-4H,(H2,13,14,15). The zero-order valence-corrected chi connectivity index (χ0v) is 11.6. The number of rotatable bonds is 3. The van der Waals surface area contributed by atoms with Crippen LogP contribution in [0.2, 0.25) is 5.02 Å². The normalized spacial score (nSPS) is 10.2. The van der Waals surface area contributed by atoms with Gasteiger partial charge in [-0.3, -0.25) is 10.1 Å². The van der Waals surface area contributed by atoms with E-state index in [9.17, 15) is 10.1 Å². The highest BCUT2D eigenvalue weighted by Gasteiger charge is 2.12. The fourth-order valence-electron chi connectivity index (χ4n) is 1.26. The van der Waals surface area contributed by atoms with Gasteiger partial charge in [0.25, 0.3) is 5.69 Å². The fraction of sp³-hybridized carbons (Fsp3) is 0. The number of nitrogen functional groups attached to an aromatic ring is 1. The van der Waals surface area contributed by atoms with Crippen LogP contribution in [0, 0.1) is 10.1 Å². The predicted octanol–water partition coefficient (Wildman–Crippen LogP) is 3.18. The van der Waals surface area contributed by atoms with Crippen molar-refractivity contribution in [1.82, 2.24) is 9.97 Å². The number of non-ortho nitro benzene ring substituents is 1. The molecule has 0 fully saturated rings. The molecular weight excluding hydrogens is 339 g/mol. The van der Waals surface area contributed by atoms with Crippen LogP contribution in [-0.2, 0) is 0 Å². The molecule has 0 aliphatic rings. The lowest BCUT2D eigenvalue weighted by atomic mass is 10.3. The van der Waals surface area contributed by atoms with Crippen LogP contribution in [0.15, 0.2) is 28.9 Å². The van der Waals surface area contributed by atoms with Gasteiger partial charge in [-0.2, -0.15) is 4.98 Å². The molecule has 7 nitrogen and oxygen atoms in total. The first-order valence-electron chi connectivity index (χ1n) is 4.86. The van der Waals surface area contributed by atoms with Gasteiger partial charge in [0.1, 0.15) is 10.8 Å². The van der Waals surface area contributed by atoms with E-state index in [0.717, 1.165) is 0 Å². The van der Waals surface area contributed by atoms with Crippen molar-refractivity contribution in [2.45, 2.75) is 0 Å². The quantitative estimate of drug-likeness (QED) is 0.676. The minimum atomic E-state index is -0.534. The third-order valence-electron chi connectivity index (χ3n) is 2.01. The third-order valence-corrected chi connectivity index (χ3v) is 2.73. The van der Waals surface area contributed by atoms with Gasteiger partial charge in [0.2, 0.25) is 11.8 Å². The molecule has 2 aromatic rings. The Kier molecular flexibility index (Phi) is 3.82. The average molecular weight is 346 g/mol. The molecule has 2 N–H and O–H groups in total. The van der Waals surface area contributed by atoms with Gasteiger partial charge in [0.15, 0.2) is 0 Å². The van der Waals surface area contributed by atoms with Crippen LogP contribution in [0.4, 0.5) is 11.6 Å². The Morgan fingerprint density at radius 3 is 2.84 bits per heavy atom. The molecular formula is C10H6BrClN4O3. The van der Waals surface area contributed by atoms with Crippen LogP contribution in [0.5, 0.6) is 11.6 Å². The number of ether oxygens (including phenoxy) is 1. The first-order chi connectivity index (χ1) is 8.95. The molecule has 0 aliphatic heterocycles. The van der Waals surface area contributed by atoms with Crippen LogP contribution < -0.4 is 10.5 Å². The first-order valence-corrected chi connectivity index (χ1v) is 6.03. The SMILES string of the molecule is Nc1ncc(Cl)c(Oc2cc(Br)cc([N+](=O)[O-])c2)n1. The molecule has 0 amide bonds. The average Bonchev–Trinajstić information content (AvgIpc) is 2.33. The molecule has 9 heteroatoms. The summed E-state index contributed by atoms with van der Waals surface area (Å²) in [6.07, 6.45) is 1.28. The highest BCUT2D eigenvalue weighted by atomic mass is 79.9. The van der Waals surface area contributed by atoms with Crippen molar-refractivity contribution in [3.63, 3.8) is 0 Å². The second-order valence-electron chi connectivity index (χ2n) is 3.39. The maximum atomic E-state index is 10.7. The Bertz CT molecular complexity index is 653. The molecule has 0 bridgehead atoms. The van der Waals surface area contributed by atoms with E-state index in [1.54, 1.807) is 6.07 Å². The van der Waals surface area contributed by atoms with E-state index in [2.05, 4.69) is 25.9 Å². The summed E-state index contributed by atoms with van der Waals surface area (Å²) >= 11 is 8.99. The number of hydrogen-bond acceptors (Lipinski definition) is 6. The van der Waals surface area contributed by atoms with E-state index in [1.165, 1.54) is 18.3 Å². The van der Waals surface area contributed by atoms with Crippen molar-refractivity contribution in [2.75, 3.05) is 5.73 Å². The largest absolute Gasteiger partial charge is 0.437 e. The molecule has 0 saturated heterocycles. The van der Waals surface area contributed by atoms with Gasteiger partial charge in [-0.15, -0.1) is 0 Å². The van der Waals surface area contributed by atoms with Crippen molar-refractivity contribution in [3.05, 3.63) is 44.0 Å². The van der Waals surface area contributed by atoms with Crippen molar-refractivity contribution < 1.29 is 9.66 Å². The van der Waals surface area contributed by atoms with Gasteiger partial charge in [0.05, 0.1) is 17.2 Å². The molecule has 98 valence electrons. The molecule has 0 aliphatic carbocycles. The molecule has 1 aromatic carbocycles. The first kappa shape index (κ1) is 13.5. The van der Waals surface area contributed by atoms with Gasteiger partial charge < -0.3 is 10.5 Å². The molecule has 2 rings (SSSR count). The van der Waals surface area contributed by atoms with E-state index in [1.807, 2.05) is 0 Å². The fourth-order valence-corrected chi connectivity index (χ4v) is 1.85. The summed E-state index contributed by atoms with van der Waals surface area (Å²) < 4.78 is 5.86. The number of benzene rings is 1. The Balaban J connectivity index is 2.38. The highest BCUT2D eigenvalue weighted by Crippen LogP contribution is 2.31. The summed E-state index contributed by atoms with van der Waals surface area (Å²) in [4.78, 5) is 17.7. The van der Waals surface area contributed by atoms with Crippen LogP contribution in [-0.4, -0.2) is 14.9 Å². The van der Waals surface area contributed by atoms with Crippen molar-refractivity contribution in [2.24, 2.45) is 0 Å². The summed E-state index contributed by atoms with van der Waals surface area (Å²) in [5.41, 5.74) is 5.29. The van der Waals surface area contributed by atoms with Gasteiger partial charge >= 0.3 is 0 Å². The van der Waals surface area contributed by atoms with E-state index in [4.69, 9.17) is 22.1 Å². The maximum absolute atomic E-state index is 10.7. The Labute approximate surface area is 120 Å². The Morgan fingerprint density at radius 2 is 2.16 bits per heavy atom. The van der Waals surface area contributed by atoms with Crippen LogP contribution >= 0.6 is 27.5 Å². The van der Waals surface area contributed by atoms with Crippen molar-refractivity contribution >= 4 is 39.2 Å². The Hall–Kier alpha value is -1.93. The van der Waals surface area contributed by atoms with Crippen LogP contribution in [0.3, 0.4) is 0 Å². The van der Waals surface area contributed by atoms with Crippen molar-refractivity contribution in [3.8, 4) is 11.6 Å². The topological polar surface area (TPSA) is 104 Å². The van der Waals surface area contributed by atoms with E-state index in [-0.39, 0.29) is 28.3 Å². The van der Waals surface area contributed by atoms with Gasteiger partial charge in [-0.1, -0.05) is 27.5 Å². The highest BCUT2D eigenvalue weighted by molar-refractivity contribution is 9.10. The number of nitrogens with zero attached hydrogens (tertiary/aromatic N) is 3. The molecule has 0 spiro atoms. The summed E-state index contributed by atoms with van der Waals surface area (Å²) in [5.74, 6) is 0.228. The van der Waals surface area contributed by atoms with Gasteiger partial charge in [-0.25, -0.2) is 4.98 Å². The predicted molar refractivity (Wildman–Crippen MR) is 72.3 cm³/mol. The molecule has 0 radical (unpaired) electrons. The van der Waals surface area contributed by atoms with Gasteiger partial charge in [-0.05, 0) is 6.07 Å². The van der Waals surface area contributed by atoms with E-state index < -0.39 is 4.92 Å². The number of anilines is 1. The number of hydrogen-bond donors (Lipinski definition) is 1. The van der Waals surface area contributed by atoms with E-state index >= 15 is 0 Å². The second-order valence-corrected chi connectivity index (χ2v) is 4.71. The molecule has 1 heterocycles. The lowest BCUT2D eigenvalue weighted by molar-refractivity contribution is -0.385. The summed E-state index contributed by atoms with van der Waals surface area (Å²) in [6, 6.07) is 4.14. The monoisotopic (exact) mass is 344 g/mol. The van der Waals surface area contributed by atoms with Crippen molar-refractivity contribution in [1.29, 1.82) is 0 Å². The maximum Gasteiger partial charge on any atom is 0.274 e. The summed E-state index contributed by atoms with van der Waals surface area (Å²) in [7, 11) is 0. The Morgan fingerprint density at radius 1 is 1.42 bits per heavy atom. The number of nitrogens with two attached hydrogens (primary N) is 1. The zero-order chi connectivity index (χ0) is 14.0. The molecule has 19 heavy (non-hydrogen) atoms. The molecule has 0 unspecified atom stereocenters. The summed E-state index contributed by atoms with van der Waals surface area (Å²) in [5, 5.41) is 10.9. The molecule has 0 saturated carbocycles. The third kappa shape index (κ3) is 3.30. The van der Waals surface area contributed by atoms with Crippen LogP contribution in [0.1, 0.15) is 0 Å². The van der Waals surface area contributed by atoms with Gasteiger partial charge in [0, 0.05) is 10.5 Å².